The van der Waals surface area contributed by atoms with Crippen molar-refractivity contribution in [1.82, 2.24) is 5.32 Å². The maximum atomic E-state index is 12.5. The molecule has 2 rings (SSSR count). The number of carbonyl (C=O) groups is 3. The van der Waals surface area contributed by atoms with E-state index in [-0.39, 0.29) is 48.7 Å². The van der Waals surface area contributed by atoms with E-state index in [1.165, 1.54) is 0 Å². The van der Waals surface area contributed by atoms with E-state index in [1.54, 1.807) is 41.3 Å². The molecule has 0 fully saturated rings. The summed E-state index contributed by atoms with van der Waals surface area (Å²) in [4.78, 5) is 36.9. The normalized spacial score (nSPS) is 11.9. The molecule has 0 saturated carbocycles. The number of amides is 1. The Kier molecular flexibility index (Phi) is 8.90. The molecule has 0 saturated heterocycles. The molecule has 1 aliphatic rings. The van der Waals surface area contributed by atoms with Crippen molar-refractivity contribution in [3.8, 4) is 18.2 Å². The van der Waals surface area contributed by atoms with Crippen molar-refractivity contribution in [1.29, 1.82) is 15.8 Å². The molecular weight excluding hydrogens is 438 g/mol. The van der Waals surface area contributed by atoms with Crippen LogP contribution < -0.4 is 10.2 Å². The second-order valence-corrected chi connectivity index (χ2v) is 6.57. The van der Waals surface area contributed by atoms with Gasteiger partial charge in [-0.1, -0.05) is 25.3 Å². The second kappa shape index (κ2) is 12.0. The first-order valence-corrected chi connectivity index (χ1v) is 9.84. The summed E-state index contributed by atoms with van der Waals surface area (Å²) in [6, 6.07) is 11.8. The molecule has 0 bridgehead atoms. The summed E-state index contributed by atoms with van der Waals surface area (Å²) in [7, 11) is 0. The van der Waals surface area contributed by atoms with Crippen LogP contribution in [0, 0.1) is 34.0 Å². The Hall–Kier alpha value is -5.14. The van der Waals surface area contributed by atoms with Crippen LogP contribution >= 0.6 is 0 Å². The molecule has 1 heterocycles. The quantitative estimate of drug-likeness (QED) is 0.313. The van der Waals surface area contributed by atoms with Gasteiger partial charge < -0.3 is 19.7 Å². The maximum Gasteiger partial charge on any atom is 0.330 e. The predicted octanol–water partition coefficient (Wildman–Crippen LogP) is 1.66. The van der Waals surface area contributed by atoms with Crippen LogP contribution in [0.5, 0.6) is 0 Å². The van der Waals surface area contributed by atoms with Gasteiger partial charge >= 0.3 is 11.9 Å². The minimum absolute atomic E-state index is 0.0402. The third-order valence-electron chi connectivity index (χ3n) is 4.62. The van der Waals surface area contributed by atoms with Gasteiger partial charge in [-0.3, -0.25) is 4.79 Å². The van der Waals surface area contributed by atoms with Crippen molar-refractivity contribution in [3.05, 3.63) is 72.0 Å². The summed E-state index contributed by atoms with van der Waals surface area (Å²) in [5.74, 6) is -1.75. The Bertz CT molecular complexity index is 1160. The smallest absolute Gasteiger partial charge is 0.330 e. The van der Waals surface area contributed by atoms with Crippen molar-refractivity contribution >= 4 is 29.1 Å². The molecule has 0 spiro atoms. The average Bonchev–Trinajstić information content (AvgIpc) is 3.19. The predicted molar refractivity (Wildman–Crippen MR) is 120 cm³/mol. The van der Waals surface area contributed by atoms with E-state index < -0.39 is 17.8 Å². The van der Waals surface area contributed by atoms with Gasteiger partial charge in [-0.05, 0) is 17.7 Å². The Labute approximate surface area is 195 Å². The van der Waals surface area contributed by atoms with Crippen LogP contribution in [0.2, 0.25) is 0 Å². The highest BCUT2D eigenvalue weighted by Crippen LogP contribution is 2.31. The van der Waals surface area contributed by atoms with Crippen LogP contribution in [-0.4, -0.2) is 44.1 Å². The molecule has 10 heteroatoms. The fourth-order valence-corrected chi connectivity index (χ4v) is 3.03. The van der Waals surface area contributed by atoms with Crippen molar-refractivity contribution in [2.45, 2.75) is 0 Å². The molecule has 1 amide bonds. The van der Waals surface area contributed by atoms with Crippen molar-refractivity contribution in [2.24, 2.45) is 0 Å². The van der Waals surface area contributed by atoms with Gasteiger partial charge in [-0.25, -0.2) is 9.59 Å². The van der Waals surface area contributed by atoms with Gasteiger partial charge in [0.15, 0.2) is 5.57 Å². The van der Waals surface area contributed by atoms with Crippen LogP contribution in [0.15, 0.2) is 66.4 Å². The summed E-state index contributed by atoms with van der Waals surface area (Å²) in [5, 5.41) is 30.1. The van der Waals surface area contributed by atoms with Gasteiger partial charge in [0.25, 0.3) is 5.91 Å². The highest BCUT2D eigenvalue weighted by atomic mass is 16.5. The SMILES string of the molecule is C=CC(=O)OCCN(CCOC(=O)C=C)c1ccc(C2=C(C#N)C(=C(C#N)C#N)NC2=O)cc1. The number of rotatable bonds is 10. The van der Waals surface area contributed by atoms with Gasteiger partial charge in [-0.15, -0.1) is 0 Å². The number of esters is 2. The lowest BCUT2D eigenvalue weighted by molar-refractivity contribution is -0.137. The molecule has 0 unspecified atom stereocenters. The number of nitrogens with zero attached hydrogens (tertiary/aromatic N) is 4. The summed E-state index contributed by atoms with van der Waals surface area (Å²) in [5.41, 5.74) is 0.520. The topological polar surface area (TPSA) is 156 Å². The minimum atomic E-state index is -0.605. The zero-order valence-electron chi connectivity index (χ0n) is 18.0. The molecule has 10 nitrogen and oxygen atoms in total. The van der Waals surface area contributed by atoms with E-state index in [1.807, 2.05) is 6.07 Å². The molecule has 0 aromatic heterocycles. The first-order valence-electron chi connectivity index (χ1n) is 9.84. The Morgan fingerprint density at radius 3 is 1.94 bits per heavy atom. The zero-order chi connectivity index (χ0) is 25.1. The van der Waals surface area contributed by atoms with E-state index in [2.05, 4.69) is 18.5 Å². The van der Waals surface area contributed by atoms with E-state index in [4.69, 9.17) is 20.0 Å². The largest absolute Gasteiger partial charge is 0.461 e. The van der Waals surface area contributed by atoms with E-state index in [0.717, 1.165) is 12.2 Å². The van der Waals surface area contributed by atoms with E-state index in [0.29, 0.717) is 11.3 Å². The monoisotopic (exact) mass is 457 g/mol. The molecule has 170 valence electrons. The summed E-state index contributed by atoms with van der Waals surface area (Å²) < 4.78 is 10.0. The molecular formula is C24H19N5O5. The van der Waals surface area contributed by atoms with Crippen LogP contribution in [0.4, 0.5) is 5.69 Å². The fraction of sp³-hybridized carbons (Fsp3) is 0.167. The van der Waals surface area contributed by atoms with Crippen LogP contribution in [0.1, 0.15) is 5.56 Å². The molecule has 0 radical (unpaired) electrons. The van der Waals surface area contributed by atoms with Gasteiger partial charge in [0.05, 0.1) is 29.9 Å². The minimum Gasteiger partial charge on any atom is -0.461 e. The summed E-state index contributed by atoms with van der Waals surface area (Å²) >= 11 is 0. The number of ether oxygens (including phenoxy) is 2. The van der Waals surface area contributed by atoms with Crippen molar-refractivity contribution in [2.75, 3.05) is 31.2 Å². The maximum absolute atomic E-state index is 12.5. The molecule has 1 aromatic rings. The number of benzene rings is 1. The molecule has 1 N–H and O–H groups in total. The molecule has 1 aromatic carbocycles. The summed E-state index contributed by atoms with van der Waals surface area (Å²) in [6.07, 6.45) is 2.09. The number of hydrogen-bond donors (Lipinski definition) is 1. The van der Waals surface area contributed by atoms with Crippen molar-refractivity contribution < 1.29 is 23.9 Å². The molecule has 0 aliphatic carbocycles. The van der Waals surface area contributed by atoms with Crippen LogP contribution in [0.25, 0.3) is 5.57 Å². The van der Waals surface area contributed by atoms with E-state index >= 15 is 0 Å². The van der Waals surface area contributed by atoms with Crippen LogP contribution in [0.3, 0.4) is 0 Å². The first kappa shape index (κ1) is 25.1. The van der Waals surface area contributed by atoms with Gasteiger partial charge in [-0.2, -0.15) is 15.8 Å². The Morgan fingerprint density at radius 1 is 0.971 bits per heavy atom. The lowest BCUT2D eigenvalue weighted by Gasteiger charge is -2.24. The van der Waals surface area contributed by atoms with Gasteiger partial charge in [0.2, 0.25) is 0 Å². The zero-order valence-corrected chi connectivity index (χ0v) is 18.0. The lowest BCUT2D eigenvalue weighted by Crippen LogP contribution is -2.32. The Morgan fingerprint density at radius 2 is 1.50 bits per heavy atom. The number of anilines is 1. The van der Waals surface area contributed by atoms with Crippen LogP contribution in [-0.2, 0) is 23.9 Å². The van der Waals surface area contributed by atoms with Crippen molar-refractivity contribution in [3.63, 3.8) is 0 Å². The fourth-order valence-electron chi connectivity index (χ4n) is 3.03. The number of nitrogens with one attached hydrogen (secondary N) is 1. The highest BCUT2D eigenvalue weighted by molar-refractivity contribution is 6.26. The standard InChI is InChI=1S/C24H19N5O5/c1-3-20(30)33-11-9-29(10-12-34-21(31)4-2)18-7-5-16(6-8-18)22-19(15-27)23(28-24(22)32)17(13-25)14-26/h3-8H,1-2,9-12H2,(H,28,32). The number of hydrogen-bond acceptors (Lipinski definition) is 9. The summed E-state index contributed by atoms with van der Waals surface area (Å²) in [6.45, 7) is 7.32. The van der Waals surface area contributed by atoms with Gasteiger partial charge in [0.1, 0.15) is 31.4 Å². The van der Waals surface area contributed by atoms with Gasteiger partial charge in [0, 0.05) is 17.8 Å². The van der Waals surface area contributed by atoms with E-state index in [9.17, 15) is 19.6 Å². The highest BCUT2D eigenvalue weighted by Gasteiger charge is 2.31. The molecule has 1 aliphatic heterocycles. The average molecular weight is 457 g/mol. The number of carbonyl (C=O) groups excluding carboxylic acids is 3. The second-order valence-electron chi connectivity index (χ2n) is 6.57. The number of nitriles is 3. The third-order valence-corrected chi connectivity index (χ3v) is 4.62. The molecule has 34 heavy (non-hydrogen) atoms. The molecule has 0 atom stereocenters. The first-order chi connectivity index (χ1) is 16.4. The lowest BCUT2D eigenvalue weighted by atomic mass is 9.99. The number of allylic oxidation sites excluding steroid dienone is 2. The Balaban J connectivity index is 2.32. The third kappa shape index (κ3) is 5.97.